The van der Waals surface area contributed by atoms with Crippen molar-refractivity contribution in [2.45, 2.75) is 144 Å². The van der Waals surface area contributed by atoms with Crippen LogP contribution in [0.4, 0.5) is 35.1 Å². The number of fused-ring (bicyclic) bond motifs is 4. The predicted molar refractivity (Wildman–Crippen MR) is 388 cm³/mol. The molecule has 12 rings (SSSR count). The lowest BCUT2D eigenvalue weighted by Gasteiger charge is -2.08. The summed E-state index contributed by atoms with van der Waals surface area (Å²) in [6, 6.07) is 78.6. The average Bonchev–Trinajstić information content (AvgIpc) is 0.837. The van der Waals surface area contributed by atoms with E-state index in [0.717, 1.165) is 76.6 Å². The lowest BCUT2D eigenvalue weighted by Crippen LogP contribution is -2.01. The van der Waals surface area contributed by atoms with E-state index in [-0.39, 0.29) is 23.0 Å². The molecule has 0 aliphatic rings. The van der Waals surface area contributed by atoms with E-state index in [1.54, 1.807) is 97.1 Å². The minimum Gasteiger partial charge on any atom is -0.435 e. The maximum atomic E-state index is 12.2. The first-order valence-electron chi connectivity index (χ1n) is 33.9. The van der Waals surface area contributed by atoms with E-state index in [0.29, 0.717) is 0 Å². The Balaban J connectivity index is 0.000000153. The number of benzene rings is 12. The summed E-state index contributed by atoms with van der Waals surface area (Å²) in [6.07, 6.45) is 16.8. The molecule has 0 bridgehead atoms. The van der Waals surface area contributed by atoms with Crippen molar-refractivity contribution in [2.75, 3.05) is 0 Å². The molecule has 0 saturated carbocycles. The topological polar surface area (TPSA) is 36.9 Å². The van der Waals surface area contributed by atoms with Gasteiger partial charge in [-0.25, -0.2) is 0 Å². The van der Waals surface area contributed by atoms with Crippen molar-refractivity contribution in [3.63, 3.8) is 0 Å². The molecule has 0 amide bonds. The Bertz CT molecular complexity index is 4400. The molecule has 0 heterocycles. The Morgan fingerprint density at radius 2 is 0.418 bits per heavy atom. The first-order valence-corrected chi connectivity index (χ1v) is 33.9. The van der Waals surface area contributed by atoms with Gasteiger partial charge in [0.15, 0.2) is 0 Å². The molecule has 98 heavy (non-hydrogen) atoms. The molecule has 0 aromatic heterocycles. The second-order valence-corrected chi connectivity index (χ2v) is 24.3. The van der Waals surface area contributed by atoms with Gasteiger partial charge in [0.05, 0.1) is 0 Å². The highest BCUT2D eigenvalue weighted by atomic mass is 19.3. The van der Waals surface area contributed by atoms with Gasteiger partial charge in [0.2, 0.25) is 0 Å². The Kier molecular flexibility index (Phi) is 27.5. The summed E-state index contributed by atoms with van der Waals surface area (Å²) in [4.78, 5) is 0. The number of hydrogen-bond acceptors (Lipinski definition) is 4. The number of halogens is 8. The maximum absolute atomic E-state index is 12.2. The van der Waals surface area contributed by atoms with Gasteiger partial charge in [0.25, 0.3) is 0 Å². The number of alkyl halides is 8. The molecule has 4 nitrogen and oxygen atoms in total. The van der Waals surface area contributed by atoms with E-state index in [4.69, 9.17) is 0 Å². The van der Waals surface area contributed by atoms with Gasteiger partial charge in [-0.3, -0.25) is 0 Å². The normalized spacial score (nSPS) is 11.2. The van der Waals surface area contributed by atoms with E-state index in [1.807, 2.05) is 0 Å². The van der Waals surface area contributed by atoms with E-state index < -0.39 is 26.4 Å². The smallest absolute Gasteiger partial charge is 0.387 e. The van der Waals surface area contributed by atoms with Crippen LogP contribution in [-0.4, -0.2) is 26.4 Å². The molecule has 12 aromatic carbocycles. The molecule has 0 unspecified atom stereocenters. The van der Waals surface area contributed by atoms with Crippen molar-refractivity contribution in [1.82, 2.24) is 0 Å². The maximum Gasteiger partial charge on any atom is 0.387 e. The molecule has 0 atom stereocenters. The zero-order valence-corrected chi connectivity index (χ0v) is 56.0. The van der Waals surface area contributed by atoms with Gasteiger partial charge >= 0.3 is 26.4 Å². The van der Waals surface area contributed by atoms with E-state index >= 15 is 0 Å². The van der Waals surface area contributed by atoms with Gasteiger partial charge in [-0.05, 0) is 228 Å². The Labute approximate surface area is 570 Å². The molecule has 0 aliphatic heterocycles. The summed E-state index contributed by atoms with van der Waals surface area (Å²) in [5, 5.41) is 9.64. The summed E-state index contributed by atoms with van der Waals surface area (Å²) in [6.45, 7) is -2.35. The van der Waals surface area contributed by atoms with Crippen LogP contribution in [0.3, 0.4) is 0 Å². The molecular weight excluding hydrogens is 1250 g/mol. The van der Waals surface area contributed by atoms with Crippen molar-refractivity contribution in [2.24, 2.45) is 0 Å². The summed E-state index contributed by atoms with van der Waals surface area (Å²) >= 11 is 0. The number of ether oxygens (including phenoxy) is 4. The van der Waals surface area contributed by atoms with Gasteiger partial charge < -0.3 is 18.9 Å². The zero-order valence-electron chi connectivity index (χ0n) is 56.0. The SMILES string of the molecule is CCCCCCc1ccc2cc(-c3ccc(OC(F)F)cc3)ccc2c1.CCCCCc1ccc2cc(-c3ccc(OC(F)F)cc3)ccc2c1.CCCCc1ccc2cc(-c3ccc(OC(F)F)cc3)ccc2c1.CCCc1ccc2cc(-c3ccc(OC(F)F)cc3)ccc2c1. The van der Waals surface area contributed by atoms with Crippen LogP contribution in [0.25, 0.3) is 87.6 Å². The molecule has 0 aliphatic carbocycles. The number of unbranched alkanes of at least 4 members (excludes halogenated alkanes) is 6. The molecule has 0 N–H and O–H groups in total. The number of aryl methyl sites for hydroxylation is 4. The minimum absolute atomic E-state index is 0.175. The van der Waals surface area contributed by atoms with Crippen molar-refractivity contribution < 1.29 is 54.1 Å². The summed E-state index contributed by atoms with van der Waals surface area (Å²) in [5.74, 6) is 0.706. The molecule has 0 spiro atoms. The summed E-state index contributed by atoms with van der Waals surface area (Å²) in [7, 11) is 0. The first-order chi connectivity index (χ1) is 47.6. The van der Waals surface area contributed by atoms with Crippen LogP contribution in [-0.2, 0) is 25.7 Å². The monoisotopic (exact) mass is 1330 g/mol. The van der Waals surface area contributed by atoms with Crippen LogP contribution in [0, 0.1) is 0 Å². The van der Waals surface area contributed by atoms with E-state index in [9.17, 15) is 35.1 Å². The van der Waals surface area contributed by atoms with E-state index in [2.05, 4.69) is 192 Å². The quantitative estimate of drug-likeness (QED) is 0.0400. The van der Waals surface area contributed by atoms with Crippen molar-refractivity contribution in [3.8, 4) is 67.5 Å². The standard InChI is InChI=1S/C23H24F2O.C22H22F2O.C21H20F2O.C20H18F2O/c1-2-3-4-5-6-17-7-8-21-16-20(10-9-19(21)15-17)18-11-13-22(14-12-18)26-23(24)25;1-2-3-4-5-16-6-7-20-15-19(9-8-18(20)14-16)17-10-12-21(13-11-17)25-22(23)24;1-2-3-4-15-5-6-19-14-18(8-7-17(19)13-15)16-9-11-20(12-10-16)24-21(22)23;1-2-3-14-4-5-18-13-17(7-6-16(18)12-14)15-8-10-19(11-9-15)23-20(21)22/h7-16,23H,2-6H2,1H3;6-15,22H,2-5H2,1H3;5-14,21H,2-4H2,1H3;4-13,20H,2-3H2,1H3. The van der Waals surface area contributed by atoms with Gasteiger partial charge in [-0.15, -0.1) is 0 Å². The van der Waals surface area contributed by atoms with Crippen LogP contribution in [0.5, 0.6) is 23.0 Å². The van der Waals surface area contributed by atoms with Crippen LogP contribution in [0.2, 0.25) is 0 Å². The Morgan fingerprint density at radius 3 is 0.673 bits per heavy atom. The lowest BCUT2D eigenvalue weighted by atomic mass is 9.98. The molecule has 0 saturated heterocycles. The van der Waals surface area contributed by atoms with Crippen molar-refractivity contribution in [3.05, 3.63) is 265 Å². The third-order valence-electron chi connectivity index (χ3n) is 17.0. The Morgan fingerprint density at radius 1 is 0.204 bits per heavy atom. The average molecular weight is 1330 g/mol. The van der Waals surface area contributed by atoms with Gasteiger partial charge in [0, 0.05) is 0 Å². The largest absolute Gasteiger partial charge is 0.435 e. The molecule has 12 heteroatoms. The van der Waals surface area contributed by atoms with Crippen LogP contribution >= 0.6 is 0 Å². The van der Waals surface area contributed by atoms with Crippen LogP contribution in [0.1, 0.15) is 114 Å². The van der Waals surface area contributed by atoms with Gasteiger partial charge in [-0.2, -0.15) is 35.1 Å². The molecular formula is C86H84F8O4. The molecule has 0 radical (unpaired) electrons. The highest BCUT2D eigenvalue weighted by Crippen LogP contribution is 2.33. The van der Waals surface area contributed by atoms with E-state index in [1.165, 1.54) is 123 Å². The van der Waals surface area contributed by atoms with Crippen LogP contribution in [0.15, 0.2) is 243 Å². The number of hydrogen-bond donors (Lipinski definition) is 0. The zero-order chi connectivity index (χ0) is 69.2. The van der Waals surface area contributed by atoms with Crippen LogP contribution < -0.4 is 18.9 Å². The fourth-order valence-electron chi connectivity index (χ4n) is 11.8. The first kappa shape index (κ1) is 72.6. The van der Waals surface area contributed by atoms with Gasteiger partial charge in [0.1, 0.15) is 23.0 Å². The second kappa shape index (κ2) is 37.2. The second-order valence-electron chi connectivity index (χ2n) is 24.3. The fraction of sp³-hybridized carbons (Fsp3) is 0.256. The summed E-state index contributed by atoms with van der Waals surface area (Å²) < 4.78 is 115. The minimum atomic E-state index is -2.79. The fourth-order valence-corrected chi connectivity index (χ4v) is 11.8. The Hall–Kier alpha value is -9.68. The highest BCUT2D eigenvalue weighted by Gasteiger charge is 2.11. The number of rotatable bonds is 26. The molecule has 12 aromatic rings. The molecule has 0 fully saturated rings. The summed E-state index contributed by atoms with van der Waals surface area (Å²) in [5.41, 5.74) is 13.7. The third kappa shape index (κ3) is 22.2. The van der Waals surface area contributed by atoms with Gasteiger partial charge in [-0.1, -0.05) is 242 Å². The predicted octanol–water partition coefficient (Wildman–Crippen LogP) is 26.6. The van der Waals surface area contributed by atoms with Crippen molar-refractivity contribution in [1.29, 1.82) is 0 Å². The third-order valence-corrected chi connectivity index (χ3v) is 17.0. The highest BCUT2D eigenvalue weighted by molar-refractivity contribution is 5.91. The molecule has 508 valence electrons. The van der Waals surface area contributed by atoms with Crippen molar-refractivity contribution >= 4 is 43.1 Å². The lowest BCUT2D eigenvalue weighted by molar-refractivity contribution is -0.0505.